The molecule has 3 rings (SSSR count). The van der Waals surface area contributed by atoms with Gasteiger partial charge in [0, 0.05) is 21.2 Å². The molecule has 1 heterocycles. The number of halogens is 1. The van der Waals surface area contributed by atoms with Crippen molar-refractivity contribution in [2.24, 2.45) is 0 Å². The molecule has 0 saturated carbocycles. The van der Waals surface area contributed by atoms with E-state index < -0.39 is 10.0 Å². The van der Waals surface area contributed by atoms with Gasteiger partial charge in [0.2, 0.25) is 0 Å². The zero-order valence-corrected chi connectivity index (χ0v) is 14.2. The fourth-order valence-electron chi connectivity index (χ4n) is 2.61. The van der Waals surface area contributed by atoms with Crippen LogP contribution < -0.4 is 4.31 Å². The highest BCUT2D eigenvalue weighted by molar-refractivity contribution is 14.1. The largest absolute Gasteiger partial charge is 0.266 e. The molecule has 0 N–H and O–H groups in total. The van der Waals surface area contributed by atoms with E-state index in [1.54, 1.807) is 6.07 Å². The van der Waals surface area contributed by atoms with E-state index in [1.807, 2.05) is 44.2 Å². The lowest BCUT2D eigenvalue weighted by atomic mass is 10.0. The van der Waals surface area contributed by atoms with E-state index in [1.165, 1.54) is 4.31 Å². The van der Waals surface area contributed by atoms with Gasteiger partial charge in [0.15, 0.2) is 0 Å². The number of hydrogen-bond acceptors (Lipinski definition) is 2. The standard InChI is InChI=1S/C15H14INO2S/c1-3-17-14-6-5-11(16)9-12(14)13-8-10(2)4-7-15(13)20(17,18)19/h4-9H,3H2,1-2H3. The molecule has 3 nitrogen and oxygen atoms in total. The smallest absolute Gasteiger partial charge is 0.264 e. The van der Waals surface area contributed by atoms with E-state index in [-0.39, 0.29) is 0 Å². The fourth-order valence-corrected chi connectivity index (χ4v) is 4.78. The lowest BCUT2D eigenvalue weighted by molar-refractivity contribution is 0.591. The van der Waals surface area contributed by atoms with Crippen LogP contribution in [0.5, 0.6) is 0 Å². The van der Waals surface area contributed by atoms with Gasteiger partial charge in [0.05, 0.1) is 10.6 Å². The predicted octanol–water partition coefficient (Wildman–Crippen LogP) is 3.80. The maximum Gasteiger partial charge on any atom is 0.264 e. The van der Waals surface area contributed by atoms with Gasteiger partial charge in [-0.3, -0.25) is 4.31 Å². The van der Waals surface area contributed by atoms with Gasteiger partial charge in [0.25, 0.3) is 10.0 Å². The molecule has 0 amide bonds. The summed E-state index contributed by atoms with van der Waals surface area (Å²) in [5.74, 6) is 0. The number of anilines is 1. The Labute approximate surface area is 132 Å². The normalized spacial score (nSPS) is 15.7. The number of nitrogens with zero attached hydrogens (tertiary/aromatic N) is 1. The van der Waals surface area contributed by atoms with Gasteiger partial charge < -0.3 is 0 Å². The highest BCUT2D eigenvalue weighted by Crippen LogP contribution is 2.43. The van der Waals surface area contributed by atoms with Crippen molar-refractivity contribution in [3.05, 3.63) is 45.5 Å². The minimum Gasteiger partial charge on any atom is -0.266 e. The summed E-state index contributed by atoms with van der Waals surface area (Å²) in [6.45, 7) is 4.27. The maximum absolute atomic E-state index is 12.7. The van der Waals surface area contributed by atoms with Gasteiger partial charge in [-0.2, -0.15) is 0 Å². The summed E-state index contributed by atoms with van der Waals surface area (Å²) in [6, 6.07) is 11.4. The third kappa shape index (κ3) is 1.95. The minimum atomic E-state index is -3.45. The summed E-state index contributed by atoms with van der Waals surface area (Å²) >= 11 is 2.25. The van der Waals surface area contributed by atoms with E-state index in [0.29, 0.717) is 11.4 Å². The molecule has 2 aromatic carbocycles. The van der Waals surface area contributed by atoms with Crippen molar-refractivity contribution >= 4 is 38.3 Å². The fraction of sp³-hybridized carbons (Fsp3) is 0.200. The first kappa shape index (κ1) is 13.9. The zero-order chi connectivity index (χ0) is 14.5. The average molecular weight is 399 g/mol. The van der Waals surface area contributed by atoms with E-state index in [9.17, 15) is 8.42 Å². The number of benzene rings is 2. The number of sulfonamides is 1. The van der Waals surface area contributed by atoms with Crippen LogP contribution >= 0.6 is 22.6 Å². The molecule has 104 valence electrons. The summed E-state index contributed by atoms with van der Waals surface area (Å²) in [6.07, 6.45) is 0. The van der Waals surface area contributed by atoms with Crippen LogP contribution in [0, 0.1) is 10.5 Å². The molecule has 20 heavy (non-hydrogen) atoms. The topological polar surface area (TPSA) is 37.4 Å². The van der Waals surface area contributed by atoms with E-state index in [2.05, 4.69) is 22.6 Å². The summed E-state index contributed by atoms with van der Waals surface area (Å²) in [7, 11) is -3.45. The van der Waals surface area contributed by atoms with Crippen molar-refractivity contribution in [2.45, 2.75) is 18.7 Å². The molecule has 0 atom stereocenters. The molecule has 0 aliphatic carbocycles. The highest BCUT2D eigenvalue weighted by atomic mass is 127. The van der Waals surface area contributed by atoms with Gasteiger partial charge >= 0.3 is 0 Å². The van der Waals surface area contributed by atoms with Crippen LogP contribution in [0.15, 0.2) is 41.3 Å². The second kappa shape index (κ2) is 4.73. The van der Waals surface area contributed by atoms with E-state index in [0.717, 1.165) is 25.9 Å². The van der Waals surface area contributed by atoms with Crippen molar-refractivity contribution in [3.8, 4) is 11.1 Å². The first-order valence-corrected chi connectivity index (χ1v) is 8.90. The van der Waals surface area contributed by atoms with Crippen LogP contribution in [0.2, 0.25) is 0 Å². The lowest BCUT2D eigenvalue weighted by Crippen LogP contribution is -2.34. The van der Waals surface area contributed by atoms with Gasteiger partial charge in [-0.1, -0.05) is 11.6 Å². The molecule has 5 heteroatoms. The lowest BCUT2D eigenvalue weighted by Gasteiger charge is -2.31. The Morgan fingerprint density at radius 2 is 1.85 bits per heavy atom. The molecule has 0 spiro atoms. The minimum absolute atomic E-state index is 0.402. The van der Waals surface area contributed by atoms with Crippen molar-refractivity contribution < 1.29 is 8.42 Å². The van der Waals surface area contributed by atoms with Crippen LogP contribution in [0.4, 0.5) is 5.69 Å². The van der Waals surface area contributed by atoms with Crippen LogP contribution in [0.3, 0.4) is 0 Å². The Bertz CT molecular complexity index is 800. The van der Waals surface area contributed by atoms with Crippen molar-refractivity contribution in [1.29, 1.82) is 0 Å². The number of fused-ring (bicyclic) bond motifs is 3. The predicted molar refractivity (Wildman–Crippen MR) is 89.5 cm³/mol. The number of rotatable bonds is 1. The van der Waals surface area contributed by atoms with Crippen molar-refractivity contribution in [3.63, 3.8) is 0 Å². The molecular weight excluding hydrogens is 385 g/mol. The zero-order valence-electron chi connectivity index (χ0n) is 11.2. The first-order chi connectivity index (χ1) is 9.45. The Morgan fingerprint density at radius 1 is 1.10 bits per heavy atom. The van der Waals surface area contributed by atoms with E-state index in [4.69, 9.17) is 0 Å². The second-order valence-electron chi connectivity index (χ2n) is 4.83. The second-order valence-corrected chi connectivity index (χ2v) is 7.91. The molecule has 1 aliphatic rings. The molecule has 0 aromatic heterocycles. The molecule has 0 unspecified atom stereocenters. The summed E-state index contributed by atoms with van der Waals surface area (Å²) in [5.41, 5.74) is 3.63. The van der Waals surface area contributed by atoms with Crippen LogP contribution in [-0.4, -0.2) is 15.0 Å². The van der Waals surface area contributed by atoms with Crippen molar-refractivity contribution in [1.82, 2.24) is 0 Å². The quantitative estimate of drug-likeness (QED) is 0.685. The van der Waals surface area contributed by atoms with E-state index >= 15 is 0 Å². The number of aryl methyl sites for hydroxylation is 1. The monoisotopic (exact) mass is 399 g/mol. The van der Waals surface area contributed by atoms with Crippen LogP contribution in [0.1, 0.15) is 12.5 Å². The maximum atomic E-state index is 12.7. The molecule has 0 fully saturated rings. The highest BCUT2D eigenvalue weighted by Gasteiger charge is 2.33. The Hall–Kier alpha value is -1.08. The number of hydrogen-bond donors (Lipinski definition) is 0. The Balaban J connectivity index is 2.43. The molecule has 0 saturated heterocycles. The van der Waals surface area contributed by atoms with Gasteiger partial charge in [-0.25, -0.2) is 8.42 Å². The van der Waals surface area contributed by atoms with Crippen LogP contribution in [-0.2, 0) is 10.0 Å². The molecular formula is C15H14INO2S. The molecule has 1 aliphatic heterocycles. The van der Waals surface area contributed by atoms with Crippen LogP contribution in [0.25, 0.3) is 11.1 Å². The Morgan fingerprint density at radius 3 is 2.55 bits per heavy atom. The average Bonchev–Trinajstić information content (AvgIpc) is 2.39. The summed E-state index contributed by atoms with van der Waals surface area (Å²) in [5, 5.41) is 0. The van der Waals surface area contributed by atoms with Gasteiger partial charge in [0.1, 0.15) is 0 Å². The summed E-state index contributed by atoms with van der Waals surface area (Å²) < 4.78 is 28.0. The van der Waals surface area contributed by atoms with Crippen molar-refractivity contribution in [2.75, 3.05) is 10.8 Å². The first-order valence-electron chi connectivity index (χ1n) is 6.38. The summed E-state index contributed by atoms with van der Waals surface area (Å²) in [4.78, 5) is 0.402. The third-order valence-electron chi connectivity index (χ3n) is 3.51. The van der Waals surface area contributed by atoms with Gasteiger partial charge in [-0.05, 0) is 66.8 Å². The SMILES string of the molecule is CCN1c2ccc(I)cc2-c2cc(C)ccc2S1(=O)=O. The third-order valence-corrected chi connectivity index (χ3v) is 6.13. The molecule has 2 aromatic rings. The molecule has 0 radical (unpaired) electrons. The van der Waals surface area contributed by atoms with Gasteiger partial charge in [-0.15, -0.1) is 0 Å². The Kier molecular flexibility index (Phi) is 3.29. The molecule has 0 bridgehead atoms.